The monoisotopic (exact) mass is 269 g/mol. The highest BCUT2D eigenvalue weighted by atomic mass is 16.5. The van der Waals surface area contributed by atoms with Crippen LogP contribution >= 0.6 is 0 Å². The molecule has 7 nitrogen and oxygen atoms in total. The van der Waals surface area contributed by atoms with Crippen LogP contribution in [0.3, 0.4) is 0 Å². The van der Waals surface area contributed by atoms with E-state index < -0.39 is 18.2 Å². The van der Waals surface area contributed by atoms with E-state index in [1.807, 2.05) is 6.92 Å². The molecule has 1 aliphatic rings. The number of carbonyl (C=O) groups excluding carboxylic acids is 1. The highest BCUT2D eigenvalue weighted by molar-refractivity contribution is 5.92. The number of ether oxygens (including phenoxy) is 1. The van der Waals surface area contributed by atoms with Crippen molar-refractivity contribution in [1.82, 2.24) is 15.1 Å². The van der Waals surface area contributed by atoms with Gasteiger partial charge in [0.05, 0.1) is 12.6 Å². The van der Waals surface area contributed by atoms with Crippen LogP contribution in [0.5, 0.6) is 0 Å². The molecular weight excluding hydrogens is 250 g/mol. The predicted octanol–water partition coefficient (Wildman–Crippen LogP) is -1.03. The Morgan fingerprint density at radius 1 is 1.68 bits per heavy atom. The van der Waals surface area contributed by atoms with Crippen LogP contribution in [0.2, 0.25) is 0 Å². The Hall–Kier alpha value is -1.44. The van der Waals surface area contributed by atoms with Crippen molar-refractivity contribution >= 4 is 5.91 Å². The largest absolute Gasteiger partial charge is 0.394 e. The zero-order valence-electron chi connectivity index (χ0n) is 11.0. The van der Waals surface area contributed by atoms with Crippen molar-refractivity contribution in [2.24, 2.45) is 7.05 Å². The minimum absolute atomic E-state index is 0.268. The molecule has 0 spiro atoms. The van der Waals surface area contributed by atoms with Gasteiger partial charge in [-0.25, -0.2) is 0 Å². The van der Waals surface area contributed by atoms with Crippen LogP contribution in [-0.4, -0.2) is 57.4 Å². The van der Waals surface area contributed by atoms with Crippen molar-refractivity contribution in [2.75, 3.05) is 13.2 Å². The Morgan fingerprint density at radius 3 is 3.00 bits per heavy atom. The first kappa shape index (κ1) is 14.0. The lowest BCUT2D eigenvalue weighted by Crippen LogP contribution is -2.54. The fourth-order valence-corrected chi connectivity index (χ4v) is 2.11. The van der Waals surface area contributed by atoms with Gasteiger partial charge in [-0.15, -0.1) is 0 Å². The average molecular weight is 269 g/mol. The van der Waals surface area contributed by atoms with Gasteiger partial charge in [-0.05, 0) is 19.4 Å². The van der Waals surface area contributed by atoms with Gasteiger partial charge in [0.2, 0.25) is 0 Å². The zero-order chi connectivity index (χ0) is 14.0. The number of rotatable bonds is 3. The van der Waals surface area contributed by atoms with E-state index in [-0.39, 0.29) is 12.5 Å². The Balaban J connectivity index is 2.02. The zero-order valence-corrected chi connectivity index (χ0v) is 11.0. The molecule has 1 aliphatic heterocycles. The predicted molar refractivity (Wildman–Crippen MR) is 66.6 cm³/mol. The molecule has 1 fully saturated rings. The standard InChI is InChI=1S/C12H19N3O4/c1-7-5-9(14-15(7)2)12(18)13-8-3-4-19-10(6-16)11(8)17/h5,8,10-11,16-17H,3-4,6H2,1-2H3,(H,13,18)/t8-,10+,11-/m0/s1. The Labute approximate surface area is 111 Å². The highest BCUT2D eigenvalue weighted by Gasteiger charge is 2.33. The molecule has 1 aromatic rings. The lowest BCUT2D eigenvalue weighted by molar-refractivity contribution is -0.107. The van der Waals surface area contributed by atoms with Crippen LogP contribution in [-0.2, 0) is 11.8 Å². The minimum atomic E-state index is -0.910. The Morgan fingerprint density at radius 2 is 2.42 bits per heavy atom. The molecule has 0 saturated carbocycles. The summed E-state index contributed by atoms with van der Waals surface area (Å²) in [6.07, 6.45) is -1.05. The number of carbonyl (C=O) groups is 1. The van der Waals surface area contributed by atoms with E-state index in [1.54, 1.807) is 17.8 Å². The molecule has 1 aromatic heterocycles. The minimum Gasteiger partial charge on any atom is -0.394 e. The van der Waals surface area contributed by atoms with Crippen LogP contribution in [0.4, 0.5) is 0 Å². The number of hydrogen-bond acceptors (Lipinski definition) is 5. The van der Waals surface area contributed by atoms with E-state index in [0.717, 1.165) is 5.69 Å². The van der Waals surface area contributed by atoms with Crippen LogP contribution in [0.15, 0.2) is 6.07 Å². The molecule has 3 atom stereocenters. The van der Waals surface area contributed by atoms with Crippen LogP contribution in [0.1, 0.15) is 22.6 Å². The molecular formula is C12H19N3O4. The van der Waals surface area contributed by atoms with E-state index >= 15 is 0 Å². The number of nitrogens with one attached hydrogen (secondary N) is 1. The molecule has 1 amide bonds. The number of nitrogens with zero attached hydrogens (tertiary/aromatic N) is 2. The second-order valence-electron chi connectivity index (χ2n) is 4.75. The van der Waals surface area contributed by atoms with Crippen molar-refractivity contribution in [2.45, 2.75) is 31.6 Å². The van der Waals surface area contributed by atoms with E-state index in [4.69, 9.17) is 9.84 Å². The molecule has 0 aromatic carbocycles. The van der Waals surface area contributed by atoms with Crippen molar-refractivity contribution in [1.29, 1.82) is 0 Å². The molecule has 2 rings (SSSR count). The van der Waals surface area contributed by atoms with Gasteiger partial charge in [-0.3, -0.25) is 9.48 Å². The third kappa shape index (κ3) is 2.94. The maximum Gasteiger partial charge on any atom is 0.272 e. The van der Waals surface area contributed by atoms with E-state index in [0.29, 0.717) is 18.7 Å². The summed E-state index contributed by atoms with van der Waals surface area (Å²) < 4.78 is 6.83. The fourth-order valence-electron chi connectivity index (χ4n) is 2.11. The lowest BCUT2D eigenvalue weighted by atomic mass is 10.00. The molecule has 3 N–H and O–H groups in total. The molecule has 2 heterocycles. The summed E-state index contributed by atoms with van der Waals surface area (Å²) in [5.41, 5.74) is 1.20. The first-order valence-corrected chi connectivity index (χ1v) is 6.25. The average Bonchev–Trinajstić information content (AvgIpc) is 2.72. The fraction of sp³-hybridized carbons (Fsp3) is 0.667. The third-order valence-corrected chi connectivity index (χ3v) is 3.40. The summed E-state index contributed by atoms with van der Waals surface area (Å²) in [5, 5.41) is 25.8. The maximum absolute atomic E-state index is 12.0. The smallest absolute Gasteiger partial charge is 0.272 e. The summed E-state index contributed by atoms with van der Waals surface area (Å²) in [6.45, 7) is 1.99. The second kappa shape index (κ2) is 5.68. The third-order valence-electron chi connectivity index (χ3n) is 3.40. The first-order chi connectivity index (χ1) is 9.02. The van der Waals surface area contributed by atoms with Crippen LogP contribution in [0.25, 0.3) is 0 Å². The first-order valence-electron chi connectivity index (χ1n) is 6.25. The number of aliphatic hydroxyl groups is 2. The van der Waals surface area contributed by atoms with E-state index in [9.17, 15) is 9.90 Å². The van der Waals surface area contributed by atoms with Gasteiger partial charge in [0.25, 0.3) is 5.91 Å². The Bertz CT molecular complexity index is 440. The van der Waals surface area contributed by atoms with Crippen LogP contribution < -0.4 is 5.32 Å². The number of aromatic nitrogens is 2. The molecule has 0 aliphatic carbocycles. The number of aryl methyl sites for hydroxylation is 2. The van der Waals surface area contributed by atoms with E-state index in [1.165, 1.54) is 0 Å². The van der Waals surface area contributed by atoms with Gasteiger partial charge in [0, 0.05) is 19.3 Å². The van der Waals surface area contributed by atoms with E-state index in [2.05, 4.69) is 10.4 Å². The number of hydrogen-bond donors (Lipinski definition) is 3. The summed E-state index contributed by atoms with van der Waals surface area (Å²) in [4.78, 5) is 12.0. The SMILES string of the molecule is Cc1cc(C(=O)N[C@H]2CCO[C@H](CO)[C@H]2O)nn1C. The normalized spacial score (nSPS) is 27.3. The second-order valence-corrected chi connectivity index (χ2v) is 4.75. The van der Waals surface area contributed by atoms with Gasteiger partial charge in [-0.1, -0.05) is 0 Å². The van der Waals surface area contributed by atoms with Crippen molar-refractivity contribution in [3.63, 3.8) is 0 Å². The molecule has 7 heteroatoms. The molecule has 0 bridgehead atoms. The summed E-state index contributed by atoms with van der Waals surface area (Å²) >= 11 is 0. The van der Waals surface area contributed by atoms with Crippen molar-refractivity contribution < 1.29 is 19.7 Å². The molecule has 106 valence electrons. The number of amides is 1. The summed E-state index contributed by atoms with van der Waals surface area (Å²) in [7, 11) is 1.76. The van der Waals surface area contributed by atoms with Gasteiger partial charge < -0.3 is 20.3 Å². The molecule has 0 radical (unpaired) electrons. The van der Waals surface area contributed by atoms with Crippen LogP contribution in [0, 0.1) is 6.92 Å². The lowest BCUT2D eigenvalue weighted by Gasteiger charge is -2.34. The quantitative estimate of drug-likeness (QED) is 0.652. The summed E-state index contributed by atoms with van der Waals surface area (Å²) in [6, 6.07) is 1.26. The number of aliphatic hydroxyl groups excluding tert-OH is 2. The maximum atomic E-state index is 12.0. The Kier molecular flexibility index (Phi) is 4.18. The van der Waals surface area contributed by atoms with Crippen molar-refractivity contribution in [3.8, 4) is 0 Å². The van der Waals surface area contributed by atoms with Gasteiger partial charge >= 0.3 is 0 Å². The summed E-state index contributed by atoms with van der Waals surface area (Å²) in [5.74, 6) is -0.327. The van der Waals surface area contributed by atoms with Gasteiger partial charge in [0.1, 0.15) is 17.9 Å². The topological polar surface area (TPSA) is 96.6 Å². The van der Waals surface area contributed by atoms with Gasteiger partial charge in [0.15, 0.2) is 0 Å². The molecule has 1 saturated heterocycles. The van der Waals surface area contributed by atoms with Gasteiger partial charge in [-0.2, -0.15) is 5.10 Å². The molecule has 0 unspecified atom stereocenters. The molecule has 19 heavy (non-hydrogen) atoms. The van der Waals surface area contributed by atoms with Crippen molar-refractivity contribution in [3.05, 3.63) is 17.5 Å². The highest BCUT2D eigenvalue weighted by Crippen LogP contribution is 2.15.